The number of ether oxygens (including phenoxy) is 5. The van der Waals surface area contributed by atoms with Crippen molar-refractivity contribution in [2.24, 2.45) is 0 Å². The second-order valence-corrected chi connectivity index (χ2v) is 8.85. The van der Waals surface area contributed by atoms with E-state index in [1.54, 1.807) is 12.1 Å². The van der Waals surface area contributed by atoms with Crippen LogP contribution in [-0.4, -0.2) is 78.7 Å². The molecule has 1 saturated heterocycles. The molecule has 0 aromatic heterocycles. The van der Waals surface area contributed by atoms with Crippen molar-refractivity contribution in [3.63, 3.8) is 0 Å². The van der Waals surface area contributed by atoms with Crippen LogP contribution >= 0.6 is 0 Å². The number of hydrogen-bond acceptors (Lipinski definition) is 9. The van der Waals surface area contributed by atoms with E-state index < -0.39 is 28.4 Å². The number of nitrogens with zero attached hydrogens (tertiary/aromatic N) is 1. The number of Topliss-reactive ketones (excluding diaryl/α,β-unsaturated/α-hetero) is 1. The lowest BCUT2D eigenvalue weighted by Gasteiger charge is -2.26. The van der Waals surface area contributed by atoms with E-state index in [0.717, 1.165) is 0 Å². The molecule has 0 unspecified atom stereocenters. The van der Waals surface area contributed by atoms with Crippen molar-refractivity contribution in [2.45, 2.75) is 4.90 Å². The van der Waals surface area contributed by atoms with Crippen LogP contribution in [0.25, 0.3) is 0 Å². The largest absolute Gasteiger partial charge is 0.497 e. The van der Waals surface area contributed by atoms with Gasteiger partial charge in [0.25, 0.3) is 0 Å². The molecule has 3 rings (SSSR count). The zero-order valence-electron chi connectivity index (χ0n) is 18.5. The summed E-state index contributed by atoms with van der Waals surface area (Å²) >= 11 is 0. The first-order chi connectivity index (χ1) is 15.8. The second kappa shape index (κ2) is 10.6. The minimum absolute atomic E-state index is 0.0304. The van der Waals surface area contributed by atoms with Crippen molar-refractivity contribution >= 4 is 21.8 Å². The maximum absolute atomic E-state index is 13.1. The van der Waals surface area contributed by atoms with Gasteiger partial charge >= 0.3 is 5.97 Å². The van der Waals surface area contributed by atoms with Crippen molar-refractivity contribution in [3.8, 4) is 17.2 Å². The van der Waals surface area contributed by atoms with Gasteiger partial charge in [0.05, 0.1) is 45.7 Å². The number of sulfonamides is 1. The van der Waals surface area contributed by atoms with Crippen molar-refractivity contribution in [1.82, 2.24) is 4.31 Å². The number of hydrogen-bond donors (Lipinski definition) is 0. The topological polar surface area (TPSA) is 118 Å². The Morgan fingerprint density at radius 2 is 1.64 bits per heavy atom. The molecular weight excluding hydrogens is 454 g/mol. The van der Waals surface area contributed by atoms with Crippen molar-refractivity contribution in [1.29, 1.82) is 0 Å². The minimum atomic E-state index is -3.93. The summed E-state index contributed by atoms with van der Waals surface area (Å²) in [5.41, 5.74) is 0.188. The van der Waals surface area contributed by atoms with Gasteiger partial charge in [-0.1, -0.05) is 0 Å². The smallest absolute Gasteiger partial charge is 0.338 e. The van der Waals surface area contributed by atoms with Gasteiger partial charge < -0.3 is 23.7 Å². The number of morpholine rings is 1. The van der Waals surface area contributed by atoms with E-state index in [1.807, 2.05) is 0 Å². The first-order valence-electron chi connectivity index (χ1n) is 10.00. The average Bonchev–Trinajstić information content (AvgIpc) is 2.86. The van der Waals surface area contributed by atoms with Gasteiger partial charge in [0.2, 0.25) is 15.8 Å². The molecule has 11 heteroatoms. The molecule has 0 atom stereocenters. The van der Waals surface area contributed by atoms with Gasteiger partial charge in [-0.25, -0.2) is 13.2 Å². The molecule has 0 spiro atoms. The molecule has 10 nitrogen and oxygen atoms in total. The molecule has 178 valence electrons. The highest BCUT2D eigenvalue weighted by molar-refractivity contribution is 7.89. The lowest BCUT2D eigenvalue weighted by Crippen LogP contribution is -2.40. The van der Waals surface area contributed by atoms with Gasteiger partial charge in [0, 0.05) is 19.2 Å². The lowest BCUT2D eigenvalue weighted by atomic mass is 10.1. The van der Waals surface area contributed by atoms with E-state index in [0.29, 0.717) is 5.75 Å². The summed E-state index contributed by atoms with van der Waals surface area (Å²) in [6, 6.07) is 8.57. The SMILES string of the molecule is COc1ccc(C(=O)COC(=O)c2ccc(OC)c(S(=O)(=O)N3CCOCC3)c2)c(OC)c1. The summed E-state index contributed by atoms with van der Waals surface area (Å²) in [6.07, 6.45) is 0. The Balaban J connectivity index is 1.78. The van der Waals surface area contributed by atoms with Gasteiger partial charge in [-0.2, -0.15) is 4.31 Å². The van der Waals surface area contributed by atoms with Crippen LogP contribution in [0.2, 0.25) is 0 Å². The molecule has 0 N–H and O–H groups in total. The molecule has 0 radical (unpaired) electrons. The van der Waals surface area contributed by atoms with Crippen molar-refractivity contribution in [2.75, 3.05) is 54.2 Å². The molecule has 1 aliphatic heterocycles. The highest BCUT2D eigenvalue weighted by atomic mass is 32.2. The third-order valence-electron chi connectivity index (χ3n) is 5.03. The Morgan fingerprint density at radius 1 is 0.939 bits per heavy atom. The van der Waals surface area contributed by atoms with Crippen LogP contribution in [0.5, 0.6) is 17.2 Å². The predicted molar refractivity (Wildman–Crippen MR) is 117 cm³/mol. The molecule has 33 heavy (non-hydrogen) atoms. The first kappa shape index (κ1) is 24.5. The van der Waals surface area contributed by atoms with Gasteiger partial charge in [-0.05, 0) is 30.3 Å². The monoisotopic (exact) mass is 479 g/mol. The fraction of sp³-hybridized carbons (Fsp3) is 0.364. The first-order valence-corrected chi connectivity index (χ1v) is 11.4. The third-order valence-corrected chi connectivity index (χ3v) is 6.95. The van der Waals surface area contributed by atoms with Gasteiger partial charge in [-0.3, -0.25) is 4.79 Å². The fourth-order valence-corrected chi connectivity index (χ4v) is 4.84. The minimum Gasteiger partial charge on any atom is -0.497 e. The Kier molecular flexibility index (Phi) is 7.90. The molecule has 0 bridgehead atoms. The van der Waals surface area contributed by atoms with Gasteiger partial charge in [0.15, 0.2) is 6.61 Å². The van der Waals surface area contributed by atoms with Gasteiger partial charge in [-0.15, -0.1) is 0 Å². The fourth-order valence-electron chi connectivity index (χ4n) is 3.25. The molecule has 0 aliphatic carbocycles. The van der Waals surface area contributed by atoms with E-state index in [2.05, 4.69) is 0 Å². The van der Waals surface area contributed by atoms with Crippen molar-refractivity contribution in [3.05, 3.63) is 47.5 Å². The normalized spacial score (nSPS) is 14.4. The third kappa shape index (κ3) is 5.44. The van der Waals surface area contributed by atoms with E-state index in [1.165, 1.54) is 49.9 Å². The van der Waals surface area contributed by atoms with Crippen LogP contribution in [0.3, 0.4) is 0 Å². The molecule has 2 aromatic rings. The molecule has 1 heterocycles. The van der Waals surface area contributed by atoms with E-state index >= 15 is 0 Å². The van der Waals surface area contributed by atoms with E-state index in [9.17, 15) is 18.0 Å². The molecule has 1 fully saturated rings. The zero-order valence-corrected chi connectivity index (χ0v) is 19.3. The number of rotatable bonds is 9. The summed E-state index contributed by atoms with van der Waals surface area (Å²) in [6.45, 7) is 0.385. The molecule has 0 amide bonds. The number of benzene rings is 2. The highest BCUT2D eigenvalue weighted by Crippen LogP contribution is 2.29. The van der Waals surface area contributed by atoms with E-state index in [4.69, 9.17) is 23.7 Å². The Hall–Kier alpha value is -3.15. The summed E-state index contributed by atoms with van der Waals surface area (Å²) in [7, 11) is 0.309. The number of ketones is 1. The summed E-state index contributed by atoms with van der Waals surface area (Å²) < 4.78 is 53.3. The Morgan fingerprint density at radius 3 is 2.27 bits per heavy atom. The Labute approximate surface area is 192 Å². The molecular formula is C22H25NO9S. The number of carbonyl (C=O) groups is 2. The number of esters is 1. The number of methoxy groups -OCH3 is 3. The quantitative estimate of drug-likeness (QED) is 0.392. The molecule has 2 aromatic carbocycles. The van der Waals surface area contributed by atoms with Crippen LogP contribution in [0, 0.1) is 0 Å². The second-order valence-electron chi connectivity index (χ2n) is 6.95. The maximum atomic E-state index is 13.1. The predicted octanol–water partition coefficient (Wildman–Crippen LogP) is 1.77. The maximum Gasteiger partial charge on any atom is 0.338 e. The summed E-state index contributed by atoms with van der Waals surface area (Å²) in [5.74, 6) is -0.460. The van der Waals surface area contributed by atoms with Crippen LogP contribution in [0.1, 0.15) is 20.7 Å². The van der Waals surface area contributed by atoms with E-state index in [-0.39, 0.29) is 53.8 Å². The average molecular weight is 480 g/mol. The number of carbonyl (C=O) groups excluding carboxylic acids is 2. The standard InChI is InChI=1S/C22H25NO9S/c1-28-16-5-6-17(20(13-16)30-3)18(24)14-32-22(25)15-4-7-19(29-2)21(12-15)33(26,27)23-8-10-31-11-9-23/h4-7,12-13H,8-11,14H2,1-3H3. The summed E-state index contributed by atoms with van der Waals surface area (Å²) in [4.78, 5) is 25.0. The van der Waals surface area contributed by atoms with Crippen LogP contribution in [0.4, 0.5) is 0 Å². The van der Waals surface area contributed by atoms with Crippen LogP contribution in [-0.2, 0) is 19.5 Å². The van der Waals surface area contributed by atoms with Crippen molar-refractivity contribution < 1.29 is 41.7 Å². The summed E-state index contributed by atoms with van der Waals surface area (Å²) in [5, 5.41) is 0. The lowest BCUT2D eigenvalue weighted by molar-refractivity contribution is 0.0473. The highest BCUT2D eigenvalue weighted by Gasteiger charge is 2.30. The van der Waals surface area contributed by atoms with Crippen LogP contribution in [0.15, 0.2) is 41.3 Å². The zero-order chi connectivity index (χ0) is 24.0. The van der Waals surface area contributed by atoms with Gasteiger partial charge in [0.1, 0.15) is 22.1 Å². The Bertz CT molecular complexity index is 1120. The molecule has 0 saturated carbocycles. The van der Waals surface area contributed by atoms with Crippen LogP contribution < -0.4 is 14.2 Å². The molecule has 1 aliphatic rings.